The smallest absolute Gasteiger partial charge is 0.245 e. The molecule has 0 aliphatic carbocycles. The van der Waals surface area contributed by atoms with Gasteiger partial charge in [0.2, 0.25) is 11.8 Å². The van der Waals surface area contributed by atoms with Crippen molar-refractivity contribution in [1.29, 1.82) is 0 Å². The van der Waals surface area contributed by atoms with Crippen LogP contribution >= 0.6 is 11.6 Å². The summed E-state index contributed by atoms with van der Waals surface area (Å²) in [7, 11) is 0. The Bertz CT molecular complexity index is 741. The van der Waals surface area contributed by atoms with Crippen LogP contribution < -0.4 is 10.6 Å². The predicted octanol–water partition coefficient (Wildman–Crippen LogP) is 3.97. The molecular weight excluding hydrogens is 398 g/mol. The van der Waals surface area contributed by atoms with Crippen molar-refractivity contribution in [2.45, 2.75) is 71.4 Å². The quantitative estimate of drug-likeness (QED) is 0.713. The lowest BCUT2D eigenvalue weighted by atomic mass is 9.70. The van der Waals surface area contributed by atoms with Gasteiger partial charge in [0.15, 0.2) is 0 Å². The number of rotatable bonds is 6. The first kappa shape index (κ1) is 23.1. The molecule has 3 atom stereocenters. The highest BCUT2D eigenvalue weighted by Crippen LogP contribution is 2.42. The number of halogens is 1. The van der Waals surface area contributed by atoms with Crippen molar-refractivity contribution in [2.24, 2.45) is 11.3 Å². The molecule has 0 spiro atoms. The third-order valence-electron chi connectivity index (χ3n) is 6.66. The minimum atomic E-state index is -0.471. The Labute approximate surface area is 185 Å². The molecule has 6 heteroatoms. The van der Waals surface area contributed by atoms with Gasteiger partial charge in [-0.3, -0.25) is 9.59 Å². The maximum absolute atomic E-state index is 13.4. The van der Waals surface area contributed by atoms with Crippen LogP contribution in [0.5, 0.6) is 0 Å². The van der Waals surface area contributed by atoms with E-state index in [1.807, 2.05) is 30.9 Å². The molecule has 2 unspecified atom stereocenters. The second kappa shape index (κ2) is 9.69. The molecule has 2 aliphatic heterocycles. The van der Waals surface area contributed by atoms with Crippen molar-refractivity contribution in [3.63, 3.8) is 0 Å². The van der Waals surface area contributed by atoms with E-state index in [-0.39, 0.29) is 29.2 Å². The molecule has 166 valence electrons. The molecule has 2 saturated heterocycles. The third-order valence-corrected chi connectivity index (χ3v) is 6.91. The van der Waals surface area contributed by atoms with E-state index in [2.05, 4.69) is 36.6 Å². The topological polar surface area (TPSA) is 61.4 Å². The standard InChI is InChI=1S/C24H36ClN3O2/c1-16(2)22(27-21(29)14-19-6-5-12-26-19)23(30)28-13-11-20(24(3,4)15-28)17-7-9-18(25)10-8-17/h7-10,16,19-20,22,26H,5-6,11-15H2,1-4H3,(H,27,29)/t19?,20?,22-/m1/s1. The van der Waals surface area contributed by atoms with Gasteiger partial charge < -0.3 is 15.5 Å². The fourth-order valence-electron chi connectivity index (χ4n) is 4.96. The Morgan fingerprint density at radius 3 is 2.50 bits per heavy atom. The summed E-state index contributed by atoms with van der Waals surface area (Å²) >= 11 is 6.05. The summed E-state index contributed by atoms with van der Waals surface area (Å²) in [6.45, 7) is 10.8. The molecule has 30 heavy (non-hydrogen) atoms. The summed E-state index contributed by atoms with van der Waals surface area (Å²) < 4.78 is 0. The van der Waals surface area contributed by atoms with Gasteiger partial charge in [0, 0.05) is 30.6 Å². The molecule has 2 amide bonds. The van der Waals surface area contributed by atoms with Crippen LogP contribution in [-0.2, 0) is 9.59 Å². The Hall–Kier alpha value is -1.59. The normalized spacial score (nSPS) is 24.7. The van der Waals surface area contributed by atoms with Gasteiger partial charge in [0.05, 0.1) is 0 Å². The number of carbonyl (C=O) groups is 2. The number of nitrogens with zero attached hydrogens (tertiary/aromatic N) is 1. The van der Waals surface area contributed by atoms with Crippen LogP contribution in [0.2, 0.25) is 5.02 Å². The molecule has 5 nitrogen and oxygen atoms in total. The average molecular weight is 434 g/mol. The van der Waals surface area contributed by atoms with Crippen LogP contribution in [0.15, 0.2) is 24.3 Å². The number of carbonyl (C=O) groups excluding carboxylic acids is 2. The lowest BCUT2D eigenvalue weighted by Crippen LogP contribution is -2.56. The zero-order valence-corrected chi connectivity index (χ0v) is 19.5. The van der Waals surface area contributed by atoms with Crippen molar-refractivity contribution in [3.05, 3.63) is 34.9 Å². The van der Waals surface area contributed by atoms with E-state index in [4.69, 9.17) is 11.6 Å². The molecule has 0 bridgehead atoms. The summed E-state index contributed by atoms with van der Waals surface area (Å²) in [5.41, 5.74) is 1.22. The Balaban J connectivity index is 1.64. The van der Waals surface area contributed by atoms with Gasteiger partial charge in [0.25, 0.3) is 0 Å². The molecular formula is C24H36ClN3O2. The van der Waals surface area contributed by atoms with E-state index in [9.17, 15) is 9.59 Å². The van der Waals surface area contributed by atoms with Crippen LogP contribution in [0.25, 0.3) is 0 Å². The number of piperidine rings is 1. The number of benzene rings is 1. The summed E-state index contributed by atoms with van der Waals surface area (Å²) in [4.78, 5) is 27.9. The summed E-state index contributed by atoms with van der Waals surface area (Å²) in [5.74, 6) is 0.437. The van der Waals surface area contributed by atoms with Gasteiger partial charge in [-0.15, -0.1) is 0 Å². The van der Waals surface area contributed by atoms with E-state index in [1.165, 1.54) is 5.56 Å². The van der Waals surface area contributed by atoms with Crippen molar-refractivity contribution in [2.75, 3.05) is 19.6 Å². The second-order valence-corrected chi connectivity index (χ2v) is 10.4. The van der Waals surface area contributed by atoms with E-state index >= 15 is 0 Å². The SMILES string of the molecule is CC(C)[C@@H](NC(=O)CC1CCCN1)C(=O)N1CCC(c2ccc(Cl)cc2)C(C)(C)C1. The van der Waals surface area contributed by atoms with Crippen LogP contribution in [0.1, 0.15) is 64.9 Å². The maximum atomic E-state index is 13.4. The van der Waals surface area contributed by atoms with Crippen molar-refractivity contribution >= 4 is 23.4 Å². The zero-order valence-electron chi connectivity index (χ0n) is 18.7. The summed E-state index contributed by atoms with van der Waals surface area (Å²) in [6, 6.07) is 7.84. The minimum Gasteiger partial charge on any atom is -0.344 e. The largest absolute Gasteiger partial charge is 0.344 e. The molecule has 0 aromatic heterocycles. The monoisotopic (exact) mass is 433 g/mol. The van der Waals surface area contributed by atoms with E-state index in [1.54, 1.807) is 0 Å². The minimum absolute atomic E-state index is 0.0308. The molecule has 0 saturated carbocycles. The molecule has 0 radical (unpaired) electrons. The predicted molar refractivity (Wildman–Crippen MR) is 122 cm³/mol. The first-order valence-corrected chi connectivity index (χ1v) is 11.6. The summed E-state index contributed by atoms with van der Waals surface area (Å²) in [6.07, 6.45) is 3.49. The van der Waals surface area contributed by atoms with Crippen molar-refractivity contribution < 1.29 is 9.59 Å². The fourth-order valence-corrected chi connectivity index (χ4v) is 5.08. The number of hydrogen-bond donors (Lipinski definition) is 2. The fraction of sp³-hybridized carbons (Fsp3) is 0.667. The second-order valence-electron chi connectivity index (χ2n) is 9.93. The van der Waals surface area contributed by atoms with E-state index in [0.29, 0.717) is 25.4 Å². The van der Waals surface area contributed by atoms with Gasteiger partial charge in [-0.1, -0.05) is 51.4 Å². The zero-order chi connectivity index (χ0) is 21.9. The van der Waals surface area contributed by atoms with Gasteiger partial charge >= 0.3 is 0 Å². The van der Waals surface area contributed by atoms with E-state index < -0.39 is 6.04 Å². The summed E-state index contributed by atoms with van der Waals surface area (Å²) in [5, 5.41) is 7.13. The van der Waals surface area contributed by atoms with Crippen LogP contribution in [0, 0.1) is 11.3 Å². The van der Waals surface area contributed by atoms with Gasteiger partial charge in [0.1, 0.15) is 6.04 Å². The average Bonchev–Trinajstić information content (AvgIpc) is 3.18. The van der Waals surface area contributed by atoms with Crippen LogP contribution in [0.4, 0.5) is 0 Å². The number of amides is 2. The highest BCUT2D eigenvalue weighted by atomic mass is 35.5. The molecule has 2 heterocycles. The van der Waals surface area contributed by atoms with Crippen molar-refractivity contribution in [1.82, 2.24) is 15.5 Å². The number of likely N-dealkylation sites (tertiary alicyclic amines) is 1. The van der Waals surface area contributed by atoms with Gasteiger partial charge in [-0.25, -0.2) is 0 Å². The molecule has 2 fully saturated rings. The van der Waals surface area contributed by atoms with Gasteiger partial charge in [-0.2, -0.15) is 0 Å². The highest BCUT2D eigenvalue weighted by Gasteiger charge is 2.40. The van der Waals surface area contributed by atoms with E-state index in [0.717, 1.165) is 30.8 Å². The Morgan fingerprint density at radius 2 is 1.93 bits per heavy atom. The first-order valence-electron chi connectivity index (χ1n) is 11.2. The number of nitrogens with one attached hydrogen (secondary N) is 2. The highest BCUT2D eigenvalue weighted by molar-refractivity contribution is 6.30. The first-order chi connectivity index (χ1) is 14.2. The lowest BCUT2D eigenvalue weighted by Gasteiger charge is -2.45. The van der Waals surface area contributed by atoms with Crippen LogP contribution in [-0.4, -0.2) is 48.4 Å². The molecule has 2 aliphatic rings. The van der Waals surface area contributed by atoms with Gasteiger partial charge in [-0.05, 0) is 60.8 Å². The van der Waals surface area contributed by atoms with Crippen molar-refractivity contribution in [3.8, 4) is 0 Å². The molecule has 1 aromatic rings. The third kappa shape index (κ3) is 5.55. The maximum Gasteiger partial charge on any atom is 0.245 e. The number of hydrogen-bond acceptors (Lipinski definition) is 3. The molecule has 2 N–H and O–H groups in total. The Kier molecular flexibility index (Phi) is 7.46. The molecule has 3 rings (SSSR count). The lowest BCUT2D eigenvalue weighted by molar-refractivity contribution is -0.140. The Morgan fingerprint density at radius 1 is 1.23 bits per heavy atom. The molecule has 1 aromatic carbocycles. The van der Waals surface area contributed by atoms with Crippen LogP contribution in [0.3, 0.4) is 0 Å².